The summed E-state index contributed by atoms with van der Waals surface area (Å²) in [5, 5.41) is 0. The van der Waals surface area contributed by atoms with Gasteiger partial charge in [0.15, 0.2) is 0 Å². The van der Waals surface area contributed by atoms with Crippen molar-refractivity contribution < 1.29 is 9.53 Å². The zero-order valence-corrected chi connectivity index (χ0v) is 17.2. The van der Waals surface area contributed by atoms with Crippen molar-refractivity contribution in [1.29, 1.82) is 0 Å². The molecule has 3 aliphatic heterocycles. The van der Waals surface area contributed by atoms with Gasteiger partial charge in [-0.15, -0.1) is 0 Å². The Bertz CT molecular complexity index is 967. The van der Waals surface area contributed by atoms with E-state index in [1.54, 1.807) is 6.92 Å². The number of ether oxygens (including phenoxy) is 1. The number of nitrogens with zero attached hydrogens (tertiary/aromatic N) is 2. The van der Waals surface area contributed by atoms with Crippen LogP contribution in [-0.2, 0) is 4.79 Å². The van der Waals surface area contributed by atoms with E-state index < -0.39 is 0 Å². The lowest BCUT2D eigenvalue weighted by atomic mass is 9.87. The Labute approximate surface area is 172 Å². The van der Waals surface area contributed by atoms with Gasteiger partial charge in [-0.25, -0.2) is 0 Å². The third kappa shape index (κ3) is 3.36. The van der Waals surface area contributed by atoms with E-state index in [9.17, 15) is 4.79 Å². The summed E-state index contributed by atoms with van der Waals surface area (Å²) >= 11 is 0. The molecule has 2 saturated heterocycles. The molecule has 1 amide bonds. The first-order chi connectivity index (χ1) is 14.1. The Hall–Kier alpha value is -2.59. The molecule has 29 heavy (non-hydrogen) atoms. The topological polar surface area (TPSA) is 32.8 Å². The van der Waals surface area contributed by atoms with Crippen LogP contribution < -0.4 is 4.74 Å². The average Bonchev–Trinajstić information content (AvgIpc) is 3.26. The molecule has 0 saturated carbocycles. The van der Waals surface area contributed by atoms with Crippen molar-refractivity contribution >= 4 is 12.0 Å². The van der Waals surface area contributed by atoms with Gasteiger partial charge in [0.1, 0.15) is 12.4 Å². The second-order valence-electron chi connectivity index (χ2n) is 8.72. The third-order valence-corrected chi connectivity index (χ3v) is 6.77. The molecular formula is C25H28N2O2. The van der Waals surface area contributed by atoms with Crippen molar-refractivity contribution in [1.82, 2.24) is 9.80 Å². The van der Waals surface area contributed by atoms with Crippen LogP contribution in [0.1, 0.15) is 29.7 Å². The van der Waals surface area contributed by atoms with Crippen molar-refractivity contribution in [3.8, 4) is 5.75 Å². The highest BCUT2D eigenvalue weighted by Gasteiger charge is 2.48. The van der Waals surface area contributed by atoms with Crippen LogP contribution in [-0.4, -0.2) is 48.5 Å². The molecule has 0 bridgehead atoms. The zero-order valence-electron chi connectivity index (χ0n) is 17.2. The molecule has 0 radical (unpaired) electrons. The van der Waals surface area contributed by atoms with Gasteiger partial charge < -0.3 is 9.64 Å². The molecule has 0 aromatic heterocycles. The summed E-state index contributed by atoms with van der Waals surface area (Å²) in [5.74, 6) is 2.21. The molecule has 0 unspecified atom stereocenters. The first-order valence-corrected chi connectivity index (χ1v) is 10.6. The van der Waals surface area contributed by atoms with Gasteiger partial charge in [0.2, 0.25) is 5.91 Å². The number of carbonyl (C=O) groups is 1. The number of fused-ring (bicyclic) bond motifs is 2. The summed E-state index contributed by atoms with van der Waals surface area (Å²) in [7, 11) is 0. The quantitative estimate of drug-likeness (QED) is 0.799. The van der Waals surface area contributed by atoms with E-state index in [1.165, 1.54) is 22.3 Å². The standard InChI is InChI=1S/C25H28N2O2/c1-17-7-3-5-9-22(17)25-23-15-26(13-21(23)14-27(25)18(2)28)12-19-11-20-8-4-6-10-24(20)29-16-19/h3-11,21,23,25H,12-16H2,1-2H3/t21-,23-,25+/m1/s1. The number of rotatable bonds is 3. The highest BCUT2D eigenvalue weighted by atomic mass is 16.5. The van der Waals surface area contributed by atoms with Crippen molar-refractivity contribution in [3.05, 3.63) is 70.8 Å². The molecule has 4 nitrogen and oxygen atoms in total. The second-order valence-corrected chi connectivity index (χ2v) is 8.72. The summed E-state index contributed by atoms with van der Waals surface area (Å²) in [6.45, 7) is 8.45. The molecule has 2 fully saturated rings. The molecule has 150 valence electrons. The summed E-state index contributed by atoms with van der Waals surface area (Å²) in [6.07, 6.45) is 2.29. The molecule has 3 aliphatic rings. The fourth-order valence-electron chi connectivity index (χ4n) is 5.45. The number of carbonyl (C=O) groups excluding carboxylic acids is 1. The van der Waals surface area contributed by atoms with Gasteiger partial charge in [-0.1, -0.05) is 42.5 Å². The Kier molecular flexibility index (Phi) is 4.67. The van der Waals surface area contributed by atoms with Crippen LogP contribution in [0.2, 0.25) is 0 Å². The second kappa shape index (κ2) is 7.34. The molecule has 0 N–H and O–H groups in total. The predicted octanol–water partition coefficient (Wildman–Crippen LogP) is 3.92. The predicted molar refractivity (Wildman–Crippen MR) is 115 cm³/mol. The fraction of sp³-hybridized carbons (Fsp3) is 0.400. The highest BCUT2D eigenvalue weighted by Crippen LogP contribution is 2.46. The Morgan fingerprint density at radius 2 is 1.86 bits per heavy atom. The van der Waals surface area contributed by atoms with Crippen molar-refractivity contribution in [3.63, 3.8) is 0 Å². The molecule has 3 heterocycles. The van der Waals surface area contributed by atoms with E-state index >= 15 is 0 Å². The van der Waals surface area contributed by atoms with Gasteiger partial charge in [0, 0.05) is 44.6 Å². The number of para-hydroxylation sites is 1. The first kappa shape index (κ1) is 18.4. The maximum absolute atomic E-state index is 12.4. The number of amides is 1. The van der Waals surface area contributed by atoms with Crippen molar-refractivity contribution in [2.75, 3.05) is 32.8 Å². The number of benzene rings is 2. The van der Waals surface area contributed by atoms with Gasteiger partial charge in [-0.05, 0) is 41.7 Å². The highest BCUT2D eigenvalue weighted by molar-refractivity contribution is 5.74. The Morgan fingerprint density at radius 1 is 1.07 bits per heavy atom. The van der Waals surface area contributed by atoms with E-state index in [0.717, 1.165) is 31.9 Å². The molecule has 5 rings (SSSR count). The zero-order chi connectivity index (χ0) is 20.0. The van der Waals surface area contributed by atoms with Crippen molar-refractivity contribution in [2.24, 2.45) is 11.8 Å². The SMILES string of the molecule is CC(=O)N1C[C@H]2CN(CC3=Cc4ccccc4OC3)C[C@H]2[C@@H]1c1ccccc1C. The maximum Gasteiger partial charge on any atom is 0.219 e. The van der Waals surface area contributed by atoms with Gasteiger partial charge in [0.05, 0.1) is 6.04 Å². The molecule has 3 atom stereocenters. The lowest BCUT2D eigenvalue weighted by Crippen LogP contribution is -2.35. The van der Waals surface area contributed by atoms with Crippen LogP contribution in [0.4, 0.5) is 0 Å². The largest absolute Gasteiger partial charge is 0.489 e. The summed E-state index contributed by atoms with van der Waals surface area (Å²) in [5.41, 5.74) is 5.10. The molecule has 0 spiro atoms. The third-order valence-electron chi connectivity index (χ3n) is 6.77. The smallest absolute Gasteiger partial charge is 0.219 e. The molecular weight excluding hydrogens is 360 g/mol. The number of hydrogen-bond donors (Lipinski definition) is 0. The maximum atomic E-state index is 12.4. The summed E-state index contributed by atoms with van der Waals surface area (Å²) in [6, 6.07) is 17.0. The van der Waals surface area contributed by atoms with Crippen LogP contribution in [0.15, 0.2) is 54.1 Å². The van der Waals surface area contributed by atoms with Crippen molar-refractivity contribution in [2.45, 2.75) is 19.9 Å². The minimum absolute atomic E-state index is 0.194. The minimum Gasteiger partial charge on any atom is -0.489 e. The van der Waals surface area contributed by atoms with Crippen LogP contribution in [0, 0.1) is 18.8 Å². The number of likely N-dealkylation sites (tertiary alicyclic amines) is 2. The normalized spacial score (nSPS) is 25.9. The number of hydrogen-bond acceptors (Lipinski definition) is 3. The van der Waals surface area contributed by atoms with Gasteiger partial charge in [-0.3, -0.25) is 9.69 Å². The summed E-state index contributed by atoms with van der Waals surface area (Å²) in [4.78, 5) is 17.0. The molecule has 2 aromatic rings. The fourth-order valence-corrected chi connectivity index (χ4v) is 5.45. The Balaban J connectivity index is 1.35. The first-order valence-electron chi connectivity index (χ1n) is 10.6. The monoisotopic (exact) mass is 388 g/mol. The van der Waals surface area contributed by atoms with E-state index in [4.69, 9.17) is 4.74 Å². The molecule has 0 aliphatic carbocycles. The van der Waals surface area contributed by atoms with Gasteiger partial charge in [0.25, 0.3) is 0 Å². The minimum atomic E-state index is 0.194. The molecule has 4 heteroatoms. The van der Waals surface area contributed by atoms with Gasteiger partial charge in [-0.2, -0.15) is 0 Å². The molecule has 2 aromatic carbocycles. The van der Waals surface area contributed by atoms with E-state index in [0.29, 0.717) is 18.4 Å². The lowest BCUT2D eigenvalue weighted by molar-refractivity contribution is -0.130. The van der Waals surface area contributed by atoms with E-state index in [-0.39, 0.29) is 11.9 Å². The van der Waals surface area contributed by atoms with Gasteiger partial charge >= 0.3 is 0 Å². The number of aryl methyl sites for hydroxylation is 1. The van der Waals surface area contributed by atoms with Crippen LogP contribution in [0.3, 0.4) is 0 Å². The Morgan fingerprint density at radius 3 is 2.69 bits per heavy atom. The summed E-state index contributed by atoms with van der Waals surface area (Å²) < 4.78 is 5.95. The van der Waals surface area contributed by atoms with Crippen LogP contribution in [0.5, 0.6) is 5.75 Å². The van der Waals surface area contributed by atoms with Crippen LogP contribution in [0.25, 0.3) is 6.08 Å². The average molecular weight is 389 g/mol. The van der Waals surface area contributed by atoms with Crippen LogP contribution >= 0.6 is 0 Å². The van der Waals surface area contributed by atoms with E-state index in [2.05, 4.69) is 59.2 Å². The van der Waals surface area contributed by atoms with E-state index in [1.807, 2.05) is 12.1 Å². The lowest BCUT2D eigenvalue weighted by Gasteiger charge is -2.30.